The van der Waals surface area contributed by atoms with Crippen LogP contribution in [0, 0.1) is 6.92 Å². The summed E-state index contributed by atoms with van der Waals surface area (Å²) in [6.45, 7) is 6.27. The quantitative estimate of drug-likeness (QED) is 0.643. The molecule has 6 heteroatoms. The zero-order chi connectivity index (χ0) is 17.8. The van der Waals surface area contributed by atoms with Crippen molar-refractivity contribution in [2.24, 2.45) is 0 Å². The molecule has 0 aliphatic heterocycles. The fraction of sp³-hybridized carbons (Fsp3) is 0.263. The van der Waals surface area contributed by atoms with Crippen LogP contribution in [0.4, 0.5) is 0 Å². The molecule has 0 saturated heterocycles. The number of hydrogen-bond acceptors (Lipinski definition) is 5. The summed E-state index contributed by atoms with van der Waals surface area (Å²) in [7, 11) is 0. The van der Waals surface area contributed by atoms with Crippen LogP contribution >= 0.6 is 0 Å². The molecular formula is C19H20N4O2. The number of aromatic nitrogens is 4. The van der Waals surface area contributed by atoms with E-state index in [1.165, 1.54) is 0 Å². The Morgan fingerprint density at radius 2 is 2.04 bits per heavy atom. The molecule has 0 fully saturated rings. The van der Waals surface area contributed by atoms with Crippen molar-refractivity contribution in [3.8, 4) is 17.1 Å². The van der Waals surface area contributed by atoms with Crippen molar-refractivity contribution in [3.63, 3.8) is 0 Å². The topological polar surface area (TPSA) is 69.9 Å². The third kappa shape index (κ3) is 3.57. The summed E-state index contributed by atoms with van der Waals surface area (Å²) >= 11 is 0. The second kappa shape index (κ2) is 7.25. The minimum absolute atomic E-state index is 0.226. The normalized spacial score (nSPS) is 10.9. The Bertz CT molecular complexity index is 887. The standard InChI is InChI=1S/C19H20N4O2/c1-13(2)23-17(8-10-21-23)19-15(5-4-9-20-19)12-25-18-7-6-14(3)22-16(18)11-24/h4-11,13H,12H2,1-3H3. The highest BCUT2D eigenvalue weighted by Gasteiger charge is 2.14. The molecular weight excluding hydrogens is 316 g/mol. The molecule has 0 amide bonds. The van der Waals surface area contributed by atoms with E-state index in [0.717, 1.165) is 22.6 Å². The molecule has 3 rings (SSSR count). The molecule has 3 aromatic rings. The summed E-state index contributed by atoms with van der Waals surface area (Å²) in [5.74, 6) is 0.466. The fourth-order valence-corrected chi connectivity index (χ4v) is 2.62. The molecule has 0 aliphatic rings. The number of hydrogen-bond donors (Lipinski definition) is 0. The van der Waals surface area contributed by atoms with Gasteiger partial charge in [0.15, 0.2) is 6.29 Å². The van der Waals surface area contributed by atoms with E-state index in [1.54, 1.807) is 18.5 Å². The Morgan fingerprint density at radius 3 is 2.80 bits per heavy atom. The van der Waals surface area contributed by atoms with Crippen LogP contribution in [0.3, 0.4) is 0 Å². The summed E-state index contributed by atoms with van der Waals surface area (Å²) in [5.41, 5.74) is 3.76. The molecule has 0 unspecified atom stereocenters. The van der Waals surface area contributed by atoms with Gasteiger partial charge in [-0.2, -0.15) is 5.10 Å². The number of rotatable bonds is 6. The molecule has 0 aromatic carbocycles. The predicted molar refractivity (Wildman–Crippen MR) is 94.5 cm³/mol. The Kier molecular flexibility index (Phi) is 4.88. The summed E-state index contributed by atoms with van der Waals surface area (Å²) in [6.07, 6.45) is 4.23. The summed E-state index contributed by atoms with van der Waals surface area (Å²) < 4.78 is 7.77. The van der Waals surface area contributed by atoms with Crippen molar-refractivity contribution in [1.82, 2.24) is 19.7 Å². The van der Waals surface area contributed by atoms with E-state index in [0.29, 0.717) is 17.7 Å². The lowest BCUT2D eigenvalue weighted by atomic mass is 10.1. The smallest absolute Gasteiger partial charge is 0.172 e. The van der Waals surface area contributed by atoms with Crippen molar-refractivity contribution in [1.29, 1.82) is 0 Å². The number of aryl methyl sites for hydroxylation is 1. The van der Waals surface area contributed by atoms with Crippen LogP contribution in [0.5, 0.6) is 5.75 Å². The number of ether oxygens (including phenoxy) is 1. The minimum atomic E-state index is 0.226. The molecule has 0 N–H and O–H groups in total. The van der Waals surface area contributed by atoms with Crippen molar-refractivity contribution >= 4 is 6.29 Å². The molecule has 0 bridgehead atoms. The van der Waals surface area contributed by atoms with E-state index >= 15 is 0 Å². The highest BCUT2D eigenvalue weighted by Crippen LogP contribution is 2.25. The molecule has 0 saturated carbocycles. The van der Waals surface area contributed by atoms with Gasteiger partial charge in [0.1, 0.15) is 18.1 Å². The molecule has 25 heavy (non-hydrogen) atoms. The van der Waals surface area contributed by atoms with Gasteiger partial charge in [-0.3, -0.25) is 14.5 Å². The summed E-state index contributed by atoms with van der Waals surface area (Å²) in [4.78, 5) is 19.9. The van der Waals surface area contributed by atoms with Gasteiger partial charge in [-0.25, -0.2) is 4.98 Å². The van der Waals surface area contributed by atoms with E-state index in [9.17, 15) is 4.79 Å². The Hall–Kier alpha value is -3.02. The number of pyridine rings is 2. The second-order valence-corrected chi connectivity index (χ2v) is 6.01. The molecule has 0 spiro atoms. The lowest BCUT2D eigenvalue weighted by Crippen LogP contribution is -2.08. The first-order chi connectivity index (χ1) is 12.1. The summed E-state index contributed by atoms with van der Waals surface area (Å²) in [5, 5.41) is 4.37. The van der Waals surface area contributed by atoms with Crippen LogP contribution in [-0.2, 0) is 6.61 Å². The van der Waals surface area contributed by atoms with Crippen molar-refractivity contribution in [2.75, 3.05) is 0 Å². The van der Waals surface area contributed by atoms with Gasteiger partial charge < -0.3 is 4.74 Å². The predicted octanol–water partition coefficient (Wildman–Crippen LogP) is 3.62. The highest BCUT2D eigenvalue weighted by molar-refractivity contribution is 5.76. The van der Waals surface area contributed by atoms with Gasteiger partial charge in [0.2, 0.25) is 0 Å². The van der Waals surface area contributed by atoms with Crippen LogP contribution in [0.25, 0.3) is 11.4 Å². The van der Waals surface area contributed by atoms with Crippen molar-refractivity contribution in [3.05, 3.63) is 59.7 Å². The minimum Gasteiger partial charge on any atom is -0.486 e. The molecule has 0 aliphatic carbocycles. The van der Waals surface area contributed by atoms with Crippen LogP contribution in [-0.4, -0.2) is 26.0 Å². The Labute approximate surface area is 146 Å². The van der Waals surface area contributed by atoms with Crippen molar-refractivity contribution in [2.45, 2.75) is 33.4 Å². The molecule has 128 valence electrons. The first-order valence-electron chi connectivity index (χ1n) is 8.13. The van der Waals surface area contributed by atoms with Gasteiger partial charge in [-0.15, -0.1) is 0 Å². The van der Waals surface area contributed by atoms with Crippen molar-refractivity contribution < 1.29 is 9.53 Å². The first-order valence-corrected chi connectivity index (χ1v) is 8.13. The SMILES string of the molecule is Cc1ccc(OCc2cccnc2-c2ccnn2C(C)C)c(C=O)n1. The average Bonchev–Trinajstić information content (AvgIpc) is 3.10. The van der Waals surface area contributed by atoms with Gasteiger partial charge in [-0.1, -0.05) is 6.07 Å². The maximum Gasteiger partial charge on any atom is 0.172 e. The number of nitrogens with zero attached hydrogens (tertiary/aromatic N) is 4. The van der Waals surface area contributed by atoms with Crippen LogP contribution < -0.4 is 4.74 Å². The van der Waals surface area contributed by atoms with Gasteiger partial charge in [0.05, 0.1) is 11.4 Å². The maximum atomic E-state index is 11.2. The van der Waals surface area contributed by atoms with E-state index in [4.69, 9.17) is 4.74 Å². The lowest BCUT2D eigenvalue weighted by molar-refractivity contribution is 0.111. The van der Waals surface area contributed by atoms with E-state index in [-0.39, 0.29) is 12.6 Å². The van der Waals surface area contributed by atoms with Crippen LogP contribution in [0.1, 0.15) is 41.6 Å². The van der Waals surface area contributed by atoms with Gasteiger partial charge in [-0.05, 0) is 45.0 Å². The monoisotopic (exact) mass is 336 g/mol. The number of aldehydes is 1. The van der Waals surface area contributed by atoms with E-state index < -0.39 is 0 Å². The van der Waals surface area contributed by atoms with Gasteiger partial charge in [0.25, 0.3) is 0 Å². The molecule has 0 radical (unpaired) electrons. The van der Waals surface area contributed by atoms with Crippen LogP contribution in [0.15, 0.2) is 42.7 Å². The molecule has 6 nitrogen and oxygen atoms in total. The first kappa shape index (κ1) is 16.8. The van der Waals surface area contributed by atoms with Crippen LogP contribution in [0.2, 0.25) is 0 Å². The fourth-order valence-electron chi connectivity index (χ4n) is 2.62. The zero-order valence-corrected chi connectivity index (χ0v) is 14.5. The van der Waals surface area contributed by atoms with E-state index in [1.807, 2.05) is 35.9 Å². The molecule has 3 aromatic heterocycles. The van der Waals surface area contributed by atoms with Gasteiger partial charge >= 0.3 is 0 Å². The second-order valence-electron chi connectivity index (χ2n) is 6.01. The largest absolute Gasteiger partial charge is 0.486 e. The Balaban J connectivity index is 1.90. The lowest BCUT2D eigenvalue weighted by Gasteiger charge is -2.14. The maximum absolute atomic E-state index is 11.2. The van der Waals surface area contributed by atoms with Gasteiger partial charge in [0, 0.05) is 29.7 Å². The summed E-state index contributed by atoms with van der Waals surface area (Å²) in [6, 6.07) is 9.58. The highest BCUT2D eigenvalue weighted by atomic mass is 16.5. The Morgan fingerprint density at radius 1 is 1.20 bits per heavy atom. The third-order valence-corrected chi connectivity index (χ3v) is 3.81. The molecule has 3 heterocycles. The molecule has 0 atom stereocenters. The average molecular weight is 336 g/mol. The number of carbonyl (C=O) groups is 1. The zero-order valence-electron chi connectivity index (χ0n) is 14.5. The van der Waals surface area contributed by atoms with E-state index in [2.05, 4.69) is 28.9 Å². The number of carbonyl (C=O) groups excluding carboxylic acids is 1. The third-order valence-electron chi connectivity index (χ3n) is 3.81.